The molecule has 0 unspecified atom stereocenters. The van der Waals surface area contributed by atoms with Gasteiger partial charge in [0.15, 0.2) is 11.5 Å². The van der Waals surface area contributed by atoms with Gasteiger partial charge in [0.1, 0.15) is 5.70 Å². The van der Waals surface area contributed by atoms with E-state index < -0.39 is 5.91 Å². The summed E-state index contributed by atoms with van der Waals surface area (Å²) in [7, 11) is 3.05. The molecule has 0 spiro atoms. The van der Waals surface area contributed by atoms with Crippen LogP contribution in [0.2, 0.25) is 0 Å². The molecule has 0 atom stereocenters. The Morgan fingerprint density at radius 1 is 1.06 bits per heavy atom. The number of carbonyl (C=O) groups is 2. The highest BCUT2D eigenvalue weighted by molar-refractivity contribution is 7.10. The van der Waals surface area contributed by atoms with Crippen LogP contribution in [0.1, 0.15) is 47.3 Å². The monoisotopic (exact) mass is 471 g/mol. The molecule has 1 aromatic carbocycles. The number of ether oxygens (including phenoxy) is 2. The first kappa shape index (κ1) is 24.8. The first-order valence-corrected chi connectivity index (χ1v) is 12.3. The lowest BCUT2D eigenvalue weighted by atomic mass is 10.1. The van der Waals surface area contributed by atoms with Crippen molar-refractivity contribution in [2.75, 3.05) is 40.4 Å². The number of nitrogens with zero attached hydrogens (tertiary/aromatic N) is 1. The van der Waals surface area contributed by atoms with Crippen molar-refractivity contribution in [2.24, 2.45) is 0 Å². The van der Waals surface area contributed by atoms with Gasteiger partial charge in [-0.2, -0.15) is 0 Å². The third kappa shape index (κ3) is 7.61. The van der Waals surface area contributed by atoms with E-state index in [1.54, 1.807) is 24.3 Å². The van der Waals surface area contributed by atoms with Crippen LogP contribution in [-0.2, 0) is 4.79 Å². The van der Waals surface area contributed by atoms with Crippen molar-refractivity contribution in [2.45, 2.75) is 32.1 Å². The van der Waals surface area contributed by atoms with Crippen LogP contribution in [0.25, 0.3) is 6.08 Å². The molecule has 8 heteroatoms. The maximum absolute atomic E-state index is 12.9. The Kier molecular flexibility index (Phi) is 9.77. The van der Waals surface area contributed by atoms with Crippen molar-refractivity contribution < 1.29 is 19.1 Å². The maximum atomic E-state index is 12.9. The van der Waals surface area contributed by atoms with E-state index in [-0.39, 0.29) is 11.6 Å². The number of likely N-dealkylation sites (tertiary alicyclic amines) is 1. The molecule has 2 heterocycles. The molecule has 1 fully saturated rings. The number of carbonyl (C=O) groups excluding carboxylic acids is 2. The number of amides is 2. The molecule has 7 nitrogen and oxygen atoms in total. The molecule has 0 saturated carbocycles. The Labute approximate surface area is 199 Å². The van der Waals surface area contributed by atoms with Crippen molar-refractivity contribution in [3.05, 3.63) is 51.8 Å². The minimum absolute atomic E-state index is 0.215. The van der Waals surface area contributed by atoms with E-state index in [1.165, 1.54) is 51.2 Å². The van der Waals surface area contributed by atoms with Gasteiger partial charge in [0.05, 0.1) is 14.2 Å². The van der Waals surface area contributed by atoms with Gasteiger partial charge >= 0.3 is 0 Å². The lowest BCUT2D eigenvalue weighted by molar-refractivity contribution is -0.117. The lowest BCUT2D eigenvalue weighted by Crippen LogP contribution is -2.36. The van der Waals surface area contributed by atoms with Crippen LogP contribution in [0.3, 0.4) is 0 Å². The molecule has 2 amide bonds. The number of hydrogen-bond acceptors (Lipinski definition) is 6. The third-order valence-corrected chi connectivity index (χ3v) is 6.42. The Morgan fingerprint density at radius 2 is 1.82 bits per heavy atom. The van der Waals surface area contributed by atoms with Gasteiger partial charge in [-0.05, 0) is 74.6 Å². The second-order valence-corrected chi connectivity index (χ2v) is 8.94. The van der Waals surface area contributed by atoms with Gasteiger partial charge in [-0.1, -0.05) is 18.9 Å². The van der Waals surface area contributed by atoms with Gasteiger partial charge in [-0.3, -0.25) is 9.59 Å². The largest absolute Gasteiger partial charge is 0.493 e. The van der Waals surface area contributed by atoms with Crippen molar-refractivity contribution in [3.8, 4) is 11.5 Å². The summed E-state index contributed by atoms with van der Waals surface area (Å²) in [6, 6.07) is 8.71. The fraction of sp³-hybridized carbons (Fsp3) is 0.440. The Bertz CT molecular complexity index is 935. The molecule has 1 aliphatic heterocycles. The second-order valence-electron chi connectivity index (χ2n) is 7.96. The normalized spacial score (nSPS) is 14.9. The summed E-state index contributed by atoms with van der Waals surface area (Å²) in [5, 5.41) is 7.66. The summed E-state index contributed by atoms with van der Waals surface area (Å²) in [4.78, 5) is 29.2. The predicted molar refractivity (Wildman–Crippen MR) is 132 cm³/mol. The summed E-state index contributed by atoms with van der Waals surface area (Å²) < 4.78 is 10.5. The number of nitrogens with one attached hydrogen (secondary N) is 2. The molecule has 33 heavy (non-hydrogen) atoms. The van der Waals surface area contributed by atoms with Crippen LogP contribution in [0, 0.1) is 0 Å². The molecule has 0 aliphatic carbocycles. The quantitative estimate of drug-likeness (QED) is 0.406. The summed E-state index contributed by atoms with van der Waals surface area (Å²) in [6.45, 7) is 3.81. The molecule has 2 aromatic rings. The van der Waals surface area contributed by atoms with E-state index in [0.29, 0.717) is 23.6 Å². The standard InChI is InChI=1S/C25H33N3O4S/c1-31-22-11-10-19(17-23(22)32-2)24(29)27-21(18-20-9-7-16-33-20)25(30)26-12-8-15-28-13-5-3-4-6-14-28/h7,9-11,16-18H,3-6,8,12-15H2,1-2H3,(H,26,30)(H,27,29)/b21-18-. The van der Waals surface area contributed by atoms with Crippen molar-refractivity contribution in [1.82, 2.24) is 15.5 Å². The van der Waals surface area contributed by atoms with E-state index >= 15 is 0 Å². The van der Waals surface area contributed by atoms with Gasteiger partial charge in [0, 0.05) is 17.0 Å². The van der Waals surface area contributed by atoms with Crippen molar-refractivity contribution in [1.29, 1.82) is 0 Å². The molecule has 1 aliphatic rings. The van der Waals surface area contributed by atoms with Crippen LogP contribution < -0.4 is 20.1 Å². The van der Waals surface area contributed by atoms with E-state index in [0.717, 1.165) is 30.9 Å². The number of rotatable bonds is 10. The maximum Gasteiger partial charge on any atom is 0.267 e. The number of methoxy groups -OCH3 is 2. The number of benzene rings is 1. The zero-order valence-electron chi connectivity index (χ0n) is 19.4. The molecule has 0 radical (unpaired) electrons. The van der Waals surface area contributed by atoms with Gasteiger partial charge in [-0.25, -0.2) is 0 Å². The Hall–Kier alpha value is -2.84. The minimum Gasteiger partial charge on any atom is -0.493 e. The van der Waals surface area contributed by atoms with Crippen LogP contribution in [-0.4, -0.2) is 57.1 Å². The molecular weight excluding hydrogens is 438 g/mol. The molecule has 178 valence electrons. The van der Waals surface area contributed by atoms with Crippen LogP contribution >= 0.6 is 11.3 Å². The van der Waals surface area contributed by atoms with Crippen molar-refractivity contribution >= 4 is 29.2 Å². The first-order valence-electron chi connectivity index (χ1n) is 11.4. The van der Waals surface area contributed by atoms with Crippen LogP contribution in [0.15, 0.2) is 41.4 Å². The topological polar surface area (TPSA) is 79.9 Å². The summed E-state index contributed by atoms with van der Waals surface area (Å²) in [6.07, 6.45) is 7.70. The zero-order valence-corrected chi connectivity index (χ0v) is 20.2. The highest BCUT2D eigenvalue weighted by Gasteiger charge is 2.17. The minimum atomic E-state index is -0.390. The Balaban J connectivity index is 1.62. The first-order chi connectivity index (χ1) is 16.1. The molecule has 2 N–H and O–H groups in total. The summed E-state index contributed by atoms with van der Waals surface area (Å²) in [5.74, 6) is 0.295. The second kappa shape index (κ2) is 13.0. The SMILES string of the molecule is COc1ccc(C(=O)N/C(=C\c2cccs2)C(=O)NCCCN2CCCCCC2)cc1OC. The van der Waals surface area contributed by atoms with Crippen LogP contribution in [0.4, 0.5) is 0 Å². The van der Waals surface area contributed by atoms with E-state index in [1.807, 2.05) is 17.5 Å². The highest BCUT2D eigenvalue weighted by atomic mass is 32.1. The average molecular weight is 472 g/mol. The number of thiophene rings is 1. The highest BCUT2D eigenvalue weighted by Crippen LogP contribution is 2.27. The fourth-order valence-corrected chi connectivity index (χ4v) is 4.46. The summed E-state index contributed by atoms with van der Waals surface area (Å²) in [5.41, 5.74) is 0.589. The molecule has 1 aromatic heterocycles. The van der Waals surface area contributed by atoms with E-state index in [9.17, 15) is 9.59 Å². The van der Waals surface area contributed by atoms with Gasteiger partial charge in [0.25, 0.3) is 11.8 Å². The van der Waals surface area contributed by atoms with Gasteiger partial charge in [-0.15, -0.1) is 11.3 Å². The van der Waals surface area contributed by atoms with Gasteiger partial charge in [0.2, 0.25) is 0 Å². The van der Waals surface area contributed by atoms with E-state index in [2.05, 4.69) is 15.5 Å². The van der Waals surface area contributed by atoms with Gasteiger partial charge < -0.3 is 25.0 Å². The van der Waals surface area contributed by atoms with Crippen molar-refractivity contribution in [3.63, 3.8) is 0 Å². The molecule has 3 rings (SSSR count). The summed E-state index contributed by atoms with van der Waals surface area (Å²) >= 11 is 1.50. The zero-order chi connectivity index (χ0) is 23.5. The number of hydrogen-bond donors (Lipinski definition) is 2. The molecule has 0 bridgehead atoms. The molecular formula is C25H33N3O4S. The predicted octanol–water partition coefficient (Wildman–Crippen LogP) is 3.92. The Morgan fingerprint density at radius 3 is 2.48 bits per heavy atom. The molecule has 1 saturated heterocycles. The smallest absolute Gasteiger partial charge is 0.267 e. The average Bonchev–Trinajstić information content (AvgIpc) is 3.21. The fourth-order valence-electron chi connectivity index (χ4n) is 3.81. The lowest BCUT2D eigenvalue weighted by Gasteiger charge is -2.19. The van der Waals surface area contributed by atoms with Crippen LogP contribution in [0.5, 0.6) is 11.5 Å². The van der Waals surface area contributed by atoms with E-state index in [4.69, 9.17) is 9.47 Å². The third-order valence-electron chi connectivity index (χ3n) is 5.60.